The summed E-state index contributed by atoms with van der Waals surface area (Å²) in [5.74, 6) is 1.46. The van der Waals surface area contributed by atoms with Crippen molar-refractivity contribution in [3.05, 3.63) is 22.4 Å². The van der Waals surface area contributed by atoms with Crippen LogP contribution >= 0.6 is 0 Å². The Labute approximate surface area is 201 Å². The van der Waals surface area contributed by atoms with Crippen molar-refractivity contribution in [3.63, 3.8) is 0 Å². The van der Waals surface area contributed by atoms with E-state index in [4.69, 9.17) is 4.74 Å². The predicted molar refractivity (Wildman–Crippen MR) is 140 cm³/mol. The molecule has 0 fully saturated rings. The molecule has 1 atom stereocenters. The minimum atomic E-state index is -0.328. The number of hydrogen-bond acceptors (Lipinski definition) is 5. The van der Waals surface area contributed by atoms with Gasteiger partial charge in [-0.2, -0.15) is 5.10 Å². The number of ether oxygens (including phenoxy) is 1. The molecule has 2 rings (SSSR count). The molecule has 7 heteroatoms. The van der Waals surface area contributed by atoms with Crippen LogP contribution in [0, 0.1) is 12.8 Å². The van der Waals surface area contributed by atoms with E-state index in [1.807, 2.05) is 20.8 Å². The molecule has 7 nitrogen and oxygen atoms in total. The largest absolute Gasteiger partial charge is 0.460 e. The smallest absolute Gasteiger partial charge is 0.303 e. The van der Waals surface area contributed by atoms with E-state index in [-0.39, 0.29) is 17.1 Å². The summed E-state index contributed by atoms with van der Waals surface area (Å²) in [7, 11) is 1.60. The normalized spacial score (nSPS) is 11.2. The van der Waals surface area contributed by atoms with Gasteiger partial charge in [0.05, 0.1) is 11.7 Å². The molecule has 33 heavy (non-hydrogen) atoms. The number of aryl methyl sites for hydroxylation is 2. The highest BCUT2D eigenvalue weighted by molar-refractivity contribution is 5.72. The number of aromatic nitrogens is 4. The molecule has 1 unspecified atom stereocenters. The van der Waals surface area contributed by atoms with Crippen LogP contribution in [0.3, 0.4) is 0 Å². The van der Waals surface area contributed by atoms with Gasteiger partial charge < -0.3 is 9.72 Å². The minimum absolute atomic E-state index is 0.170. The second-order valence-corrected chi connectivity index (χ2v) is 9.37. The number of aromatic amines is 1. The van der Waals surface area contributed by atoms with Crippen molar-refractivity contribution in [3.8, 4) is 0 Å². The van der Waals surface area contributed by atoms with Crippen molar-refractivity contribution < 1.29 is 9.53 Å². The SMILES string of the molecule is CC(=O)OC(C)(C)C.CCCC.CCCCCC(C)CC.Cc1nc2c(=O)n(C)ncc2[nH]1. The zero-order chi connectivity index (χ0) is 26.0. The summed E-state index contributed by atoms with van der Waals surface area (Å²) in [5.41, 5.74) is 0.642. The zero-order valence-electron chi connectivity index (χ0n) is 23.2. The number of imidazole rings is 1. The maximum absolute atomic E-state index is 11.4. The molecule has 0 aliphatic rings. The van der Waals surface area contributed by atoms with E-state index in [1.165, 1.54) is 56.6 Å². The van der Waals surface area contributed by atoms with Gasteiger partial charge in [0.1, 0.15) is 11.4 Å². The highest BCUT2D eigenvalue weighted by Crippen LogP contribution is 2.11. The van der Waals surface area contributed by atoms with Crippen LogP contribution in [-0.4, -0.2) is 31.3 Å². The Hall–Kier alpha value is -2.18. The fourth-order valence-corrected chi connectivity index (χ4v) is 2.49. The number of unbranched alkanes of at least 4 members (excludes halogenated alkanes) is 3. The van der Waals surface area contributed by atoms with Gasteiger partial charge in [0.2, 0.25) is 0 Å². The van der Waals surface area contributed by atoms with E-state index in [1.54, 1.807) is 20.2 Å². The molecule has 2 aromatic rings. The number of hydrogen-bond donors (Lipinski definition) is 1. The number of nitrogens with zero attached hydrogens (tertiary/aromatic N) is 3. The summed E-state index contributed by atoms with van der Waals surface area (Å²) in [6.07, 6.45) is 11.2. The molecule has 2 aromatic heterocycles. The number of carbonyl (C=O) groups excluding carboxylic acids is 1. The lowest BCUT2D eigenvalue weighted by Gasteiger charge is -2.17. The topological polar surface area (TPSA) is 89.9 Å². The first-order chi connectivity index (χ1) is 15.3. The number of carbonyl (C=O) groups is 1. The third-order valence-corrected chi connectivity index (χ3v) is 4.65. The third kappa shape index (κ3) is 18.0. The van der Waals surface area contributed by atoms with Gasteiger partial charge in [-0.15, -0.1) is 0 Å². The molecule has 0 aliphatic heterocycles. The van der Waals surface area contributed by atoms with Crippen molar-refractivity contribution in [1.29, 1.82) is 0 Å². The van der Waals surface area contributed by atoms with Crippen LogP contribution in [0.4, 0.5) is 0 Å². The van der Waals surface area contributed by atoms with Gasteiger partial charge in [-0.1, -0.05) is 79.6 Å². The Morgan fingerprint density at radius 3 is 2.09 bits per heavy atom. The second kappa shape index (κ2) is 18.3. The lowest BCUT2D eigenvalue weighted by Crippen LogP contribution is -2.21. The van der Waals surface area contributed by atoms with Gasteiger partial charge in [0.15, 0.2) is 5.52 Å². The lowest BCUT2D eigenvalue weighted by atomic mass is 10.0. The van der Waals surface area contributed by atoms with Crippen LogP contribution in [0.2, 0.25) is 0 Å². The van der Waals surface area contributed by atoms with Crippen molar-refractivity contribution in [2.75, 3.05) is 0 Å². The highest BCUT2D eigenvalue weighted by Gasteiger charge is 2.11. The highest BCUT2D eigenvalue weighted by atomic mass is 16.6. The van der Waals surface area contributed by atoms with Gasteiger partial charge in [-0.3, -0.25) is 9.59 Å². The standard InChI is InChI=1S/C9H20.C7H8N4O.C6H12O2.C4H10/c1-4-6-7-8-9(3)5-2;1-4-9-5-3-8-11(2)7(12)6(5)10-4;1-5(7)8-6(2,3)4;1-3-4-2/h9H,4-8H2,1-3H3;3H,1-2H3,(H,9,10);1-4H3;3-4H2,1-2H3. The van der Waals surface area contributed by atoms with Crippen LogP contribution < -0.4 is 5.56 Å². The zero-order valence-corrected chi connectivity index (χ0v) is 23.2. The van der Waals surface area contributed by atoms with E-state index in [0.717, 1.165) is 11.7 Å². The molecule has 0 radical (unpaired) electrons. The molecule has 0 aliphatic carbocycles. The van der Waals surface area contributed by atoms with Gasteiger partial charge in [0.25, 0.3) is 5.56 Å². The summed E-state index contributed by atoms with van der Waals surface area (Å²) in [6.45, 7) is 20.0. The summed E-state index contributed by atoms with van der Waals surface area (Å²) in [6, 6.07) is 0. The molecule has 0 bridgehead atoms. The summed E-state index contributed by atoms with van der Waals surface area (Å²) >= 11 is 0. The Morgan fingerprint density at radius 1 is 1.12 bits per heavy atom. The van der Waals surface area contributed by atoms with E-state index >= 15 is 0 Å². The molecular formula is C26H50N4O3. The molecule has 2 heterocycles. The molecular weight excluding hydrogens is 416 g/mol. The van der Waals surface area contributed by atoms with E-state index < -0.39 is 0 Å². The maximum atomic E-state index is 11.4. The lowest BCUT2D eigenvalue weighted by molar-refractivity contribution is -0.151. The van der Waals surface area contributed by atoms with Crippen LogP contribution in [0.1, 0.15) is 113 Å². The fourth-order valence-electron chi connectivity index (χ4n) is 2.49. The van der Waals surface area contributed by atoms with Gasteiger partial charge in [-0.05, 0) is 33.6 Å². The van der Waals surface area contributed by atoms with Crippen molar-refractivity contribution in [1.82, 2.24) is 19.7 Å². The number of rotatable bonds is 6. The Morgan fingerprint density at radius 2 is 1.70 bits per heavy atom. The van der Waals surface area contributed by atoms with Gasteiger partial charge in [-0.25, -0.2) is 9.67 Å². The van der Waals surface area contributed by atoms with Crippen LogP contribution in [0.5, 0.6) is 0 Å². The Bertz CT molecular complexity index is 817. The molecule has 192 valence electrons. The molecule has 0 aromatic carbocycles. The number of H-pyrrole nitrogens is 1. The number of fused-ring (bicyclic) bond motifs is 1. The van der Waals surface area contributed by atoms with Crippen molar-refractivity contribution >= 4 is 17.0 Å². The molecule has 0 spiro atoms. The fraction of sp³-hybridized carbons (Fsp3) is 0.769. The van der Waals surface area contributed by atoms with Gasteiger partial charge in [0, 0.05) is 14.0 Å². The van der Waals surface area contributed by atoms with Crippen molar-refractivity contribution in [2.24, 2.45) is 13.0 Å². The average Bonchev–Trinajstić information content (AvgIpc) is 3.11. The van der Waals surface area contributed by atoms with Crippen LogP contribution in [0.15, 0.2) is 11.0 Å². The van der Waals surface area contributed by atoms with E-state index in [2.05, 4.69) is 49.7 Å². The first kappa shape index (κ1) is 33.0. The first-order valence-electron chi connectivity index (χ1n) is 12.4. The average molecular weight is 467 g/mol. The first-order valence-corrected chi connectivity index (χ1v) is 12.4. The monoisotopic (exact) mass is 466 g/mol. The summed E-state index contributed by atoms with van der Waals surface area (Å²) < 4.78 is 6.07. The van der Waals surface area contributed by atoms with Crippen molar-refractivity contribution in [2.45, 2.75) is 120 Å². The number of nitrogens with one attached hydrogen (secondary N) is 1. The second-order valence-electron chi connectivity index (χ2n) is 9.37. The van der Waals surface area contributed by atoms with E-state index in [0.29, 0.717) is 11.0 Å². The Balaban J connectivity index is 0. The Kier molecular flexibility index (Phi) is 18.3. The quantitative estimate of drug-likeness (QED) is 0.376. The van der Waals surface area contributed by atoms with Crippen LogP contribution in [-0.2, 0) is 16.6 Å². The van der Waals surface area contributed by atoms with Gasteiger partial charge >= 0.3 is 5.97 Å². The number of esters is 1. The maximum Gasteiger partial charge on any atom is 0.303 e. The molecule has 0 saturated carbocycles. The predicted octanol–water partition coefficient (Wildman–Crippen LogP) is 6.73. The minimum Gasteiger partial charge on any atom is -0.460 e. The van der Waals surface area contributed by atoms with Crippen LogP contribution in [0.25, 0.3) is 11.0 Å². The van der Waals surface area contributed by atoms with E-state index in [9.17, 15) is 9.59 Å². The summed E-state index contributed by atoms with van der Waals surface area (Å²) in [4.78, 5) is 28.6. The third-order valence-electron chi connectivity index (χ3n) is 4.65. The molecule has 0 amide bonds. The molecule has 1 N–H and O–H groups in total. The summed E-state index contributed by atoms with van der Waals surface area (Å²) in [5, 5.41) is 3.85. The molecule has 0 saturated heterocycles.